The lowest BCUT2D eigenvalue weighted by Gasteiger charge is -2.49. The highest BCUT2D eigenvalue weighted by Gasteiger charge is 2.80. The first-order valence-corrected chi connectivity index (χ1v) is 18.5. The zero-order chi connectivity index (χ0) is 41.1. The van der Waals surface area contributed by atoms with Gasteiger partial charge in [-0.05, 0) is 66.8 Å². The molecule has 0 bridgehead atoms. The number of esters is 6. The number of carbonyl (C=O) groups excluding carboxylic acids is 6. The number of hydrogen-bond donors (Lipinski definition) is 0. The predicted octanol–water partition coefficient (Wildman–Crippen LogP) is 6.33. The van der Waals surface area contributed by atoms with Gasteiger partial charge in [0.2, 0.25) is 0 Å². The molecule has 0 saturated heterocycles. The standard InChI is InChI=1S/C44H48O12/c1-23(45)51-17-29-11-35-36(12-30(29)18-52-24(2)46)42(8)39-15-33(21-55-27(5)49)34(22-56-28(6)50)16-40(39)43(9)38-14-32(20-54-26(4)48)31(19-53-25(3)47)13-37(38)41(35,7)44(42,43)10/h11-16H,17-22H2,1-10H3. The van der Waals surface area contributed by atoms with Crippen molar-refractivity contribution in [3.63, 3.8) is 0 Å². The van der Waals surface area contributed by atoms with Gasteiger partial charge >= 0.3 is 35.8 Å². The van der Waals surface area contributed by atoms with Crippen LogP contribution in [0.2, 0.25) is 0 Å². The van der Waals surface area contributed by atoms with E-state index in [1.807, 2.05) is 0 Å². The van der Waals surface area contributed by atoms with Gasteiger partial charge in [-0.15, -0.1) is 0 Å². The number of ether oxygens (including phenoxy) is 6. The van der Waals surface area contributed by atoms with Crippen LogP contribution in [-0.2, 0) is 113 Å². The molecule has 3 aromatic rings. The largest absolute Gasteiger partial charge is 0.461 e. The summed E-state index contributed by atoms with van der Waals surface area (Å²) in [5, 5.41) is 0. The highest BCUT2D eigenvalue weighted by atomic mass is 16.6. The minimum absolute atomic E-state index is 0.0471. The lowest BCUT2D eigenvalue weighted by Crippen LogP contribution is -2.51. The van der Waals surface area contributed by atoms with Gasteiger partial charge in [-0.1, -0.05) is 64.1 Å². The lowest BCUT2D eigenvalue weighted by atomic mass is 9.52. The van der Waals surface area contributed by atoms with Crippen LogP contribution in [0.15, 0.2) is 36.4 Å². The van der Waals surface area contributed by atoms with Crippen molar-refractivity contribution in [2.24, 2.45) is 5.41 Å². The fourth-order valence-corrected chi connectivity index (χ4v) is 9.98. The van der Waals surface area contributed by atoms with E-state index in [-0.39, 0.29) is 39.6 Å². The van der Waals surface area contributed by atoms with Crippen molar-refractivity contribution in [1.82, 2.24) is 0 Å². The SMILES string of the molecule is CC(=O)OCc1cc2c(cc1COC(C)=O)C1(C)c3cc(COC(C)=O)c(COC(C)=O)cc3C3(C)c4cc(COC(C)=O)c(COC(C)=O)cc4C2(C)C13C. The second-order valence-electron chi connectivity index (χ2n) is 15.7. The van der Waals surface area contributed by atoms with E-state index in [0.29, 0.717) is 33.4 Å². The van der Waals surface area contributed by atoms with Gasteiger partial charge in [0, 0.05) is 63.2 Å². The van der Waals surface area contributed by atoms with E-state index in [9.17, 15) is 28.8 Å². The van der Waals surface area contributed by atoms with Crippen molar-refractivity contribution in [3.8, 4) is 0 Å². The molecule has 3 aliphatic rings. The molecular weight excluding hydrogens is 720 g/mol. The number of carbonyl (C=O) groups is 6. The van der Waals surface area contributed by atoms with E-state index in [1.54, 1.807) is 0 Å². The van der Waals surface area contributed by atoms with Gasteiger partial charge in [0.05, 0.1) is 0 Å². The summed E-state index contributed by atoms with van der Waals surface area (Å²) in [6, 6.07) is 12.3. The van der Waals surface area contributed by atoms with Crippen LogP contribution in [0.1, 0.15) is 136 Å². The summed E-state index contributed by atoms with van der Waals surface area (Å²) < 4.78 is 33.2. The molecule has 0 aromatic heterocycles. The van der Waals surface area contributed by atoms with Crippen molar-refractivity contribution >= 4 is 35.8 Å². The van der Waals surface area contributed by atoms with Crippen LogP contribution in [0.25, 0.3) is 0 Å². The fourth-order valence-electron chi connectivity index (χ4n) is 9.98. The molecule has 0 radical (unpaired) electrons. The first-order chi connectivity index (χ1) is 26.2. The van der Waals surface area contributed by atoms with E-state index in [0.717, 1.165) is 33.4 Å². The smallest absolute Gasteiger partial charge is 0.302 e. The fraction of sp³-hybridized carbons (Fsp3) is 0.455. The van der Waals surface area contributed by atoms with Crippen molar-refractivity contribution in [1.29, 1.82) is 0 Å². The molecule has 12 heteroatoms. The van der Waals surface area contributed by atoms with Crippen molar-refractivity contribution in [2.75, 3.05) is 0 Å². The Balaban J connectivity index is 1.74. The molecule has 0 atom stereocenters. The Labute approximate surface area is 326 Å². The average molecular weight is 769 g/mol. The Hall–Kier alpha value is -5.52. The maximum Gasteiger partial charge on any atom is 0.302 e. The summed E-state index contributed by atoms with van der Waals surface area (Å²) in [5.41, 5.74) is 6.98. The van der Waals surface area contributed by atoms with Gasteiger partial charge in [0.25, 0.3) is 0 Å². The maximum absolute atomic E-state index is 12.1. The van der Waals surface area contributed by atoms with Crippen LogP contribution in [0, 0.1) is 5.41 Å². The van der Waals surface area contributed by atoms with Crippen molar-refractivity contribution in [3.05, 3.63) is 103 Å². The van der Waals surface area contributed by atoms with Crippen LogP contribution in [-0.4, -0.2) is 35.8 Å². The molecule has 0 amide bonds. The van der Waals surface area contributed by atoms with Gasteiger partial charge in [0.1, 0.15) is 39.6 Å². The third-order valence-corrected chi connectivity index (χ3v) is 12.8. The molecule has 12 nitrogen and oxygen atoms in total. The number of rotatable bonds is 12. The second-order valence-corrected chi connectivity index (χ2v) is 15.7. The van der Waals surface area contributed by atoms with Gasteiger partial charge in [-0.2, -0.15) is 0 Å². The van der Waals surface area contributed by atoms with Gasteiger partial charge in [-0.3, -0.25) is 28.8 Å². The molecule has 56 heavy (non-hydrogen) atoms. The van der Waals surface area contributed by atoms with E-state index >= 15 is 0 Å². The zero-order valence-electron chi connectivity index (χ0n) is 33.6. The number of hydrogen-bond acceptors (Lipinski definition) is 12. The number of fused-ring (bicyclic) bond motifs is 9. The molecule has 296 valence electrons. The molecule has 0 saturated carbocycles. The molecule has 0 spiro atoms. The van der Waals surface area contributed by atoms with E-state index in [2.05, 4.69) is 64.1 Å². The Morgan fingerprint density at radius 3 is 0.607 bits per heavy atom. The first-order valence-electron chi connectivity index (χ1n) is 18.5. The minimum atomic E-state index is -0.762. The molecule has 0 fully saturated rings. The van der Waals surface area contributed by atoms with Crippen LogP contribution in [0.3, 0.4) is 0 Å². The van der Waals surface area contributed by atoms with Crippen LogP contribution < -0.4 is 0 Å². The van der Waals surface area contributed by atoms with E-state index in [1.165, 1.54) is 41.5 Å². The predicted molar refractivity (Wildman–Crippen MR) is 200 cm³/mol. The summed E-state index contributed by atoms with van der Waals surface area (Å²) in [5.74, 6) is -2.76. The Kier molecular flexibility index (Phi) is 10.2. The van der Waals surface area contributed by atoms with E-state index in [4.69, 9.17) is 28.4 Å². The van der Waals surface area contributed by atoms with Crippen LogP contribution >= 0.6 is 0 Å². The summed E-state index contributed by atoms with van der Waals surface area (Å²) in [7, 11) is 0. The summed E-state index contributed by atoms with van der Waals surface area (Å²) in [6.07, 6.45) is 0. The zero-order valence-corrected chi connectivity index (χ0v) is 33.6. The van der Waals surface area contributed by atoms with Crippen LogP contribution in [0.5, 0.6) is 0 Å². The molecule has 6 rings (SSSR count). The highest BCUT2D eigenvalue weighted by molar-refractivity contribution is 5.79. The molecule has 0 aliphatic heterocycles. The molecule has 0 unspecified atom stereocenters. The Morgan fingerprint density at radius 1 is 0.339 bits per heavy atom. The average Bonchev–Trinajstić information content (AvgIpc) is 3.46. The summed E-state index contributed by atoms with van der Waals surface area (Å²) in [6.45, 7) is 16.6. The molecule has 3 aromatic carbocycles. The van der Waals surface area contributed by atoms with Crippen LogP contribution in [0.4, 0.5) is 0 Å². The third kappa shape index (κ3) is 5.95. The number of benzene rings is 3. The quantitative estimate of drug-likeness (QED) is 0.149. The van der Waals surface area contributed by atoms with Crippen molar-refractivity contribution < 1.29 is 57.2 Å². The van der Waals surface area contributed by atoms with Gasteiger partial charge in [0.15, 0.2) is 0 Å². The summed E-state index contributed by atoms with van der Waals surface area (Å²) in [4.78, 5) is 72.6. The summed E-state index contributed by atoms with van der Waals surface area (Å²) >= 11 is 0. The molecule has 0 N–H and O–H groups in total. The second kappa shape index (κ2) is 14.2. The lowest BCUT2D eigenvalue weighted by molar-refractivity contribution is -0.143. The highest BCUT2D eigenvalue weighted by Crippen LogP contribution is 2.82. The minimum Gasteiger partial charge on any atom is -0.461 e. The third-order valence-electron chi connectivity index (χ3n) is 12.8. The molecular formula is C44H48O12. The van der Waals surface area contributed by atoms with Crippen molar-refractivity contribution in [2.45, 2.75) is 125 Å². The maximum atomic E-state index is 12.1. The van der Waals surface area contributed by atoms with Gasteiger partial charge < -0.3 is 28.4 Å². The first kappa shape index (κ1) is 40.2. The molecule has 3 aliphatic carbocycles. The van der Waals surface area contributed by atoms with Gasteiger partial charge in [-0.25, -0.2) is 0 Å². The molecule has 0 heterocycles. The topological polar surface area (TPSA) is 158 Å². The Morgan fingerprint density at radius 2 is 0.482 bits per heavy atom. The van der Waals surface area contributed by atoms with E-state index < -0.39 is 57.5 Å². The Bertz CT molecular complexity index is 1830. The normalized spacial score (nSPS) is 23.2. The monoisotopic (exact) mass is 768 g/mol.